The highest BCUT2D eigenvalue weighted by Gasteiger charge is 2.07. The van der Waals surface area contributed by atoms with Gasteiger partial charge in [0, 0.05) is 17.6 Å². The predicted molar refractivity (Wildman–Crippen MR) is 67.8 cm³/mol. The van der Waals surface area contributed by atoms with Crippen molar-refractivity contribution in [3.8, 4) is 6.07 Å². The van der Waals surface area contributed by atoms with Gasteiger partial charge in [-0.15, -0.1) is 0 Å². The normalized spacial score (nSPS) is 12.2. The van der Waals surface area contributed by atoms with Crippen molar-refractivity contribution in [3.05, 3.63) is 28.8 Å². The van der Waals surface area contributed by atoms with Crippen molar-refractivity contribution in [2.24, 2.45) is 0 Å². The molecule has 0 saturated heterocycles. The quantitative estimate of drug-likeness (QED) is 0.875. The number of benzene rings is 1. The largest absolute Gasteiger partial charge is 0.380 e. The SMILES string of the molecule is CC(CN(C)C)Nc1ccc(Cl)cc1C#N. The molecule has 0 fully saturated rings. The van der Waals surface area contributed by atoms with Gasteiger partial charge in [0.2, 0.25) is 0 Å². The summed E-state index contributed by atoms with van der Waals surface area (Å²) in [6.45, 7) is 2.99. The average Bonchev–Trinajstić information content (AvgIpc) is 2.19. The Morgan fingerprint density at radius 2 is 2.19 bits per heavy atom. The Labute approximate surface area is 102 Å². The van der Waals surface area contributed by atoms with E-state index in [1.165, 1.54) is 0 Å². The molecular weight excluding hydrogens is 222 g/mol. The van der Waals surface area contributed by atoms with Gasteiger partial charge in [-0.1, -0.05) is 11.6 Å². The maximum Gasteiger partial charge on any atom is 0.101 e. The van der Waals surface area contributed by atoms with Crippen LogP contribution < -0.4 is 5.32 Å². The average molecular weight is 238 g/mol. The molecule has 4 heteroatoms. The first-order valence-corrected chi connectivity index (χ1v) is 5.51. The van der Waals surface area contributed by atoms with Crippen molar-refractivity contribution in [2.75, 3.05) is 26.0 Å². The summed E-state index contributed by atoms with van der Waals surface area (Å²) < 4.78 is 0. The summed E-state index contributed by atoms with van der Waals surface area (Å²) in [5.74, 6) is 0. The Kier molecular flexibility index (Phi) is 4.60. The van der Waals surface area contributed by atoms with E-state index in [0.29, 0.717) is 10.6 Å². The van der Waals surface area contributed by atoms with E-state index in [1.54, 1.807) is 12.1 Å². The van der Waals surface area contributed by atoms with Gasteiger partial charge in [0.25, 0.3) is 0 Å². The number of nitriles is 1. The first-order valence-electron chi connectivity index (χ1n) is 5.14. The van der Waals surface area contributed by atoms with Crippen LogP contribution in [0.15, 0.2) is 18.2 Å². The van der Waals surface area contributed by atoms with Crippen molar-refractivity contribution in [1.82, 2.24) is 4.90 Å². The van der Waals surface area contributed by atoms with Gasteiger partial charge in [-0.05, 0) is 39.2 Å². The van der Waals surface area contributed by atoms with E-state index >= 15 is 0 Å². The summed E-state index contributed by atoms with van der Waals surface area (Å²) in [6.07, 6.45) is 0. The lowest BCUT2D eigenvalue weighted by Gasteiger charge is -2.20. The number of halogens is 1. The lowest BCUT2D eigenvalue weighted by Crippen LogP contribution is -2.29. The Morgan fingerprint density at radius 3 is 2.75 bits per heavy atom. The van der Waals surface area contributed by atoms with E-state index in [0.717, 1.165) is 12.2 Å². The number of likely N-dealkylation sites (N-methyl/N-ethyl adjacent to an activating group) is 1. The minimum atomic E-state index is 0.281. The summed E-state index contributed by atoms with van der Waals surface area (Å²) in [4.78, 5) is 2.10. The molecule has 0 bridgehead atoms. The minimum absolute atomic E-state index is 0.281. The summed E-state index contributed by atoms with van der Waals surface area (Å²) in [7, 11) is 4.04. The molecule has 1 rings (SSSR count). The van der Waals surface area contributed by atoms with Crippen molar-refractivity contribution >= 4 is 17.3 Å². The van der Waals surface area contributed by atoms with E-state index in [-0.39, 0.29) is 6.04 Å². The Bertz CT molecular complexity index is 396. The molecule has 0 radical (unpaired) electrons. The van der Waals surface area contributed by atoms with Crippen LogP contribution in [0.4, 0.5) is 5.69 Å². The Morgan fingerprint density at radius 1 is 1.50 bits per heavy atom. The first-order chi connectivity index (χ1) is 7.52. The summed E-state index contributed by atoms with van der Waals surface area (Å²) in [5, 5.41) is 12.9. The molecule has 16 heavy (non-hydrogen) atoms. The highest BCUT2D eigenvalue weighted by molar-refractivity contribution is 6.30. The van der Waals surface area contributed by atoms with Crippen LogP contribution in [0.2, 0.25) is 5.02 Å². The van der Waals surface area contributed by atoms with Gasteiger partial charge in [0.15, 0.2) is 0 Å². The topological polar surface area (TPSA) is 39.1 Å². The fourth-order valence-electron chi connectivity index (χ4n) is 1.59. The second-order valence-electron chi connectivity index (χ2n) is 4.11. The molecule has 0 saturated carbocycles. The molecule has 1 N–H and O–H groups in total. The van der Waals surface area contributed by atoms with Crippen LogP contribution in [-0.4, -0.2) is 31.6 Å². The second kappa shape index (κ2) is 5.74. The molecule has 0 spiro atoms. The molecule has 1 aromatic rings. The van der Waals surface area contributed by atoms with Crippen LogP contribution in [0.25, 0.3) is 0 Å². The fraction of sp³-hybridized carbons (Fsp3) is 0.417. The van der Waals surface area contributed by atoms with Gasteiger partial charge in [0.1, 0.15) is 6.07 Å². The molecule has 0 aliphatic heterocycles. The molecule has 0 amide bonds. The number of hydrogen-bond acceptors (Lipinski definition) is 3. The molecule has 1 aromatic carbocycles. The lowest BCUT2D eigenvalue weighted by atomic mass is 10.1. The standard InChI is InChI=1S/C12H16ClN3/c1-9(8-16(2)3)15-12-5-4-11(13)6-10(12)7-14/h4-6,9,15H,8H2,1-3H3. The molecule has 0 heterocycles. The summed E-state index contributed by atoms with van der Waals surface area (Å²) >= 11 is 5.83. The van der Waals surface area contributed by atoms with Crippen LogP contribution in [0.1, 0.15) is 12.5 Å². The molecule has 0 aromatic heterocycles. The van der Waals surface area contributed by atoms with Crippen LogP contribution in [0.3, 0.4) is 0 Å². The number of anilines is 1. The van der Waals surface area contributed by atoms with Crippen LogP contribution in [0, 0.1) is 11.3 Å². The number of nitrogens with one attached hydrogen (secondary N) is 1. The Balaban J connectivity index is 2.77. The van der Waals surface area contributed by atoms with E-state index in [1.807, 2.05) is 20.2 Å². The monoisotopic (exact) mass is 237 g/mol. The fourth-order valence-corrected chi connectivity index (χ4v) is 1.77. The van der Waals surface area contributed by atoms with Crippen molar-refractivity contribution in [3.63, 3.8) is 0 Å². The summed E-state index contributed by atoms with van der Waals surface area (Å²) in [6, 6.07) is 7.71. The van der Waals surface area contributed by atoms with Gasteiger partial charge in [-0.3, -0.25) is 0 Å². The smallest absolute Gasteiger partial charge is 0.101 e. The van der Waals surface area contributed by atoms with Crippen LogP contribution in [-0.2, 0) is 0 Å². The third-order valence-electron chi connectivity index (χ3n) is 2.14. The van der Waals surface area contributed by atoms with E-state index < -0.39 is 0 Å². The predicted octanol–water partition coefficient (Wildman–Crippen LogP) is 2.57. The molecule has 86 valence electrons. The van der Waals surface area contributed by atoms with E-state index in [4.69, 9.17) is 16.9 Å². The van der Waals surface area contributed by atoms with Crippen molar-refractivity contribution in [1.29, 1.82) is 5.26 Å². The first kappa shape index (κ1) is 12.8. The van der Waals surface area contributed by atoms with Gasteiger partial charge in [-0.25, -0.2) is 0 Å². The van der Waals surface area contributed by atoms with Crippen molar-refractivity contribution in [2.45, 2.75) is 13.0 Å². The lowest BCUT2D eigenvalue weighted by molar-refractivity contribution is 0.392. The molecule has 1 atom stereocenters. The number of hydrogen-bond donors (Lipinski definition) is 1. The summed E-state index contributed by atoms with van der Waals surface area (Å²) in [5.41, 5.74) is 1.42. The zero-order chi connectivity index (χ0) is 12.1. The maximum atomic E-state index is 8.98. The highest BCUT2D eigenvalue weighted by Crippen LogP contribution is 2.20. The van der Waals surface area contributed by atoms with Crippen LogP contribution >= 0.6 is 11.6 Å². The van der Waals surface area contributed by atoms with Gasteiger partial charge in [0.05, 0.1) is 11.3 Å². The maximum absolute atomic E-state index is 8.98. The molecular formula is C12H16ClN3. The van der Waals surface area contributed by atoms with Crippen LogP contribution in [0.5, 0.6) is 0 Å². The molecule has 0 aliphatic rings. The van der Waals surface area contributed by atoms with E-state index in [2.05, 4.69) is 23.2 Å². The zero-order valence-electron chi connectivity index (χ0n) is 9.79. The number of rotatable bonds is 4. The second-order valence-corrected chi connectivity index (χ2v) is 4.55. The van der Waals surface area contributed by atoms with Gasteiger partial charge < -0.3 is 10.2 Å². The molecule has 0 aliphatic carbocycles. The Hall–Kier alpha value is -1.24. The third-order valence-corrected chi connectivity index (χ3v) is 2.38. The third kappa shape index (κ3) is 3.73. The van der Waals surface area contributed by atoms with E-state index in [9.17, 15) is 0 Å². The molecule has 3 nitrogen and oxygen atoms in total. The van der Waals surface area contributed by atoms with Crippen molar-refractivity contribution < 1.29 is 0 Å². The van der Waals surface area contributed by atoms with Gasteiger partial charge in [-0.2, -0.15) is 5.26 Å². The minimum Gasteiger partial charge on any atom is -0.380 e. The van der Waals surface area contributed by atoms with Gasteiger partial charge >= 0.3 is 0 Å². The molecule has 1 unspecified atom stereocenters. The zero-order valence-corrected chi connectivity index (χ0v) is 10.5. The highest BCUT2D eigenvalue weighted by atomic mass is 35.5. The number of nitrogens with zero attached hydrogens (tertiary/aromatic N) is 2.